The first-order valence-electron chi connectivity index (χ1n) is 7.81. The van der Waals surface area contributed by atoms with Gasteiger partial charge in [0.1, 0.15) is 0 Å². The van der Waals surface area contributed by atoms with Crippen LogP contribution in [0.2, 0.25) is 0 Å². The summed E-state index contributed by atoms with van der Waals surface area (Å²) in [5, 5.41) is 2.36. The normalized spacial score (nSPS) is 13.6. The lowest BCUT2D eigenvalue weighted by molar-refractivity contribution is -0.165. The monoisotopic (exact) mass is 355 g/mol. The van der Waals surface area contributed by atoms with Crippen LogP contribution in [0, 0.1) is 5.41 Å². The van der Waals surface area contributed by atoms with E-state index in [0.29, 0.717) is 5.57 Å². The number of rotatable bonds is 8. The van der Waals surface area contributed by atoms with Crippen molar-refractivity contribution >= 4 is 17.8 Å². The minimum atomic E-state index is -1.97. The summed E-state index contributed by atoms with van der Waals surface area (Å²) >= 11 is 0. The number of methoxy groups -OCH3 is 3. The molecule has 0 saturated carbocycles. The van der Waals surface area contributed by atoms with Gasteiger partial charge in [-0.3, -0.25) is 4.79 Å². The Morgan fingerprint density at radius 2 is 1.56 bits per heavy atom. The Morgan fingerprint density at radius 1 is 1.08 bits per heavy atom. The third kappa shape index (κ3) is 5.70. The summed E-state index contributed by atoms with van der Waals surface area (Å²) in [5.74, 6) is -2.40. The second kappa shape index (κ2) is 9.36. The minimum absolute atomic E-state index is 0.163. The Hall–Kier alpha value is -2.15. The predicted octanol–water partition coefficient (Wildman–Crippen LogP) is 1.77. The predicted molar refractivity (Wildman–Crippen MR) is 93.7 cm³/mol. The first kappa shape index (κ1) is 22.9. The van der Waals surface area contributed by atoms with Crippen LogP contribution in [0.1, 0.15) is 34.1 Å². The molecule has 0 aliphatic carbocycles. The molecule has 7 heteroatoms. The van der Waals surface area contributed by atoms with Gasteiger partial charge in [0, 0.05) is 20.5 Å². The first-order valence-corrected chi connectivity index (χ1v) is 7.81. The number of hydrogen-bond donors (Lipinski definition) is 1. The lowest BCUT2D eigenvalue weighted by atomic mass is 9.82. The number of nitrogens with one attached hydrogen (secondary N) is 1. The van der Waals surface area contributed by atoms with E-state index in [1.807, 2.05) is 20.8 Å². The highest BCUT2D eigenvalue weighted by Crippen LogP contribution is 2.29. The van der Waals surface area contributed by atoms with Crippen LogP contribution in [0.4, 0.5) is 0 Å². The molecular weight excluding hydrogens is 326 g/mol. The van der Waals surface area contributed by atoms with Gasteiger partial charge in [-0.1, -0.05) is 39.5 Å². The molecule has 0 fully saturated rings. The highest BCUT2D eigenvalue weighted by Gasteiger charge is 2.49. The molecule has 0 aromatic rings. The fourth-order valence-electron chi connectivity index (χ4n) is 2.61. The highest BCUT2D eigenvalue weighted by molar-refractivity contribution is 6.07. The Labute approximate surface area is 149 Å². The molecule has 0 heterocycles. The van der Waals surface area contributed by atoms with Crippen molar-refractivity contribution in [3.8, 4) is 0 Å². The summed E-state index contributed by atoms with van der Waals surface area (Å²) < 4.78 is 15.0. The fourth-order valence-corrected chi connectivity index (χ4v) is 2.61. The maximum Gasteiger partial charge on any atom is 0.343 e. The molecule has 1 atom stereocenters. The topological polar surface area (TPSA) is 90.9 Å². The van der Waals surface area contributed by atoms with Crippen LogP contribution >= 0.6 is 0 Å². The van der Waals surface area contributed by atoms with Crippen molar-refractivity contribution in [1.29, 1.82) is 0 Å². The van der Waals surface area contributed by atoms with Gasteiger partial charge in [0.05, 0.1) is 20.3 Å². The molecule has 0 aliphatic rings. The molecule has 7 nitrogen and oxygen atoms in total. The van der Waals surface area contributed by atoms with E-state index in [1.54, 1.807) is 19.3 Å². The molecule has 1 N–H and O–H groups in total. The SMILES string of the molecule is C=C/C(=C\CC(NC(C)=O)(C(=O)OC)C(=O)OC)[C@@H](OC)C(C)(C)C. The van der Waals surface area contributed by atoms with Crippen molar-refractivity contribution in [3.63, 3.8) is 0 Å². The van der Waals surface area contributed by atoms with Crippen LogP contribution < -0.4 is 5.32 Å². The third-order valence-electron chi connectivity index (χ3n) is 3.66. The van der Waals surface area contributed by atoms with Crippen LogP contribution in [0.3, 0.4) is 0 Å². The van der Waals surface area contributed by atoms with Crippen molar-refractivity contribution in [3.05, 3.63) is 24.3 Å². The van der Waals surface area contributed by atoms with Crippen molar-refractivity contribution in [2.24, 2.45) is 5.41 Å². The molecule has 0 unspecified atom stereocenters. The van der Waals surface area contributed by atoms with E-state index in [9.17, 15) is 14.4 Å². The van der Waals surface area contributed by atoms with Gasteiger partial charge in [0.15, 0.2) is 0 Å². The Balaban J connectivity index is 6.06. The molecule has 0 aromatic heterocycles. The van der Waals surface area contributed by atoms with E-state index >= 15 is 0 Å². The zero-order valence-corrected chi connectivity index (χ0v) is 16.1. The van der Waals surface area contributed by atoms with Crippen molar-refractivity contribution in [1.82, 2.24) is 5.32 Å². The largest absolute Gasteiger partial charge is 0.467 e. The third-order valence-corrected chi connectivity index (χ3v) is 3.66. The Kier molecular flexibility index (Phi) is 8.56. The summed E-state index contributed by atoms with van der Waals surface area (Å²) in [7, 11) is 3.83. The maximum absolute atomic E-state index is 12.3. The number of carbonyl (C=O) groups excluding carboxylic acids is 3. The number of ether oxygens (including phenoxy) is 3. The van der Waals surface area contributed by atoms with Crippen LogP contribution in [-0.2, 0) is 28.6 Å². The summed E-state index contributed by atoms with van der Waals surface area (Å²) in [5.41, 5.74) is -1.54. The molecular formula is C18H29NO6. The average molecular weight is 355 g/mol. The minimum Gasteiger partial charge on any atom is -0.467 e. The van der Waals surface area contributed by atoms with Crippen LogP contribution in [0.15, 0.2) is 24.3 Å². The summed E-state index contributed by atoms with van der Waals surface area (Å²) in [6.07, 6.45) is 2.72. The lowest BCUT2D eigenvalue weighted by Gasteiger charge is -2.32. The molecule has 0 rings (SSSR count). The van der Waals surface area contributed by atoms with Gasteiger partial charge in [-0.15, -0.1) is 0 Å². The standard InChI is InChI=1S/C18H29NO6/c1-9-13(14(23-6)17(3,4)5)10-11-18(15(21)24-7,16(22)25-8)19-12(2)20/h9-10,14H,1,11H2,2-8H3,(H,19,20)/b13-10+/t14-/m1/s1. The fraction of sp³-hybridized carbons (Fsp3) is 0.611. The molecule has 0 saturated heterocycles. The maximum atomic E-state index is 12.3. The highest BCUT2D eigenvalue weighted by atomic mass is 16.5. The van der Waals surface area contributed by atoms with Crippen molar-refractivity contribution in [2.75, 3.05) is 21.3 Å². The van der Waals surface area contributed by atoms with E-state index in [4.69, 9.17) is 14.2 Å². The van der Waals surface area contributed by atoms with Gasteiger partial charge in [-0.2, -0.15) is 0 Å². The second-order valence-corrected chi connectivity index (χ2v) is 6.66. The van der Waals surface area contributed by atoms with E-state index < -0.39 is 23.4 Å². The molecule has 0 aliphatic heterocycles. The molecule has 0 aromatic carbocycles. The molecule has 0 bridgehead atoms. The van der Waals surface area contributed by atoms with Crippen molar-refractivity contribution < 1.29 is 28.6 Å². The lowest BCUT2D eigenvalue weighted by Crippen LogP contribution is -2.60. The van der Waals surface area contributed by atoms with Crippen LogP contribution in [-0.4, -0.2) is 50.8 Å². The van der Waals surface area contributed by atoms with Gasteiger partial charge in [0.2, 0.25) is 11.4 Å². The number of amides is 1. The van der Waals surface area contributed by atoms with Gasteiger partial charge in [0.25, 0.3) is 0 Å². The first-order chi connectivity index (χ1) is 11.5. The summed E-state index contributed by atoms with van der Waals surface area (Å²) in [6, 6.07) is 0. The van der Waals surface area contributed by atoms with Gasteiger partial charge in [-0.25, -0.2) is 9.59 Å². The smallest absolute Gasteiger partial charge is 0.343 e. The molecule has 25 heavy (non-hydrogen) atoms. The Bertz CT molecular complexity index is 528. The average Bonchev–Trinajstić information content (AvgIpc) is 2.53. The zero-order chi connectivity index (χ0) is 19.8. The molecule has 1 amide bonds. The van der Waals surface area contributed by atoms with E-state index in [1.165, 1.54) is 6.92 Å². The van der Waals surface area contributed by atoms with Crippen molar-refractivity contribution in [2.45, 2.75) is 45.8 Å². The number of esters is 2. The van der Waals surface area contributed by atoms with Crippen LogP contribution in [0.25, 0.3) is 0 Å². The van der Waals surface area contributed by atoms with Gasteiger partial charge < -0.3 is 19.5 Å². The summed E-state index contributed by atoms with van der Waals surface area (Å²) in [6.45, 7) is 10.9. The van der Waals surface area contributed by atoms with E-state index in [0.717, 1.165) is 14.2 Å². The van der Waals surface area contributed by atoms with E-state index in [-0.39, 0.29) is 17.9 Å². The van der Waals surface area contributed by atoms with Gasteiger partial charge in [-0.05, 0) is 11.0 Å². The molecule has 142 valence electrons. The van der Waals surface area contributed by atoms with Crippen LogP contribution in [0.5, 0.6) is 0 Å². The number of carbonyl (C=O) groups is 3. The molecule has 0 spiro atoms. The zero-order valence-electron chi connectivity index (χ0n) is 16.1. The number of hydrogen-bond acceptors (Lipinski definition) is 6. The quantitative estimate of drug-likeness (QED) is 0.405. The molecule has 0 radical (unpaired) electrons. The summed E-state index contributed by atoms with van der Waals surface area (Å²) in [4.78, 5) is 36.1. The second-order valence-electron chi connectivity index (χ2n) is 6.66. The Morgan fingerprint density at radius 3 is 1.84 bits per heavy atom. The van der Waals surface area contributed by atoms with Gasteiger partial charge >= 0.3 is 11.9 Å². The van der Waals surface area contributed by atoms with E-state index in [2.05, 4.69) is 11.9 Å².